The minimum Gasteiger partial charge on any atom is -0.322 e. The smallest absolute Gasteiger partial charge is 0.273 e. The maximum atomic E-state index is 13.8. The third-order valence-corrected chi connectivity index (χ3v) is 12.6. The maximum absolute atomic E-state index is 13.8. The first-order valence-corrected chi connectivity index (χ1v) is 14.6. The Morgan fingerprint density at radius 3 is 1.38 bits per heavy atom. The van der Waals surface area contributed by atoms with E-state index < -0.39 is 14.7 Å². The SMILES string of the molecule is CCOP(=O)(C(C#N)=c1sc(=C(C#N)P(=O)(OCC)c2ccccc2)s1)c1ccccc1. The molecule has 0 saturated carbocycles. The lowest BCUT2D eigenvalue weighted by Gasteiger charge is -2.18. The third kappa shape index (κ3) is 4.58. The third-order valence-electron chi connectivity index (χ3n) is 4.37. The van der Waals surface area contributed by atoms with Gasteiger partial charge >= 0.3 is 0 Å². The minimum atomic E-state index is -3.61. The summed E-state index contributed by atoms with van der Waals surface area (Å²) in [6.07, 6.45) is 0. The first-order valence-electron chi connectivity index (χ1n) is 9.70. The summed E-state index contributed by atoms with van der Waals surface area (Å²) in [5.74, 6) is 0. The lowest BCUT2D eigenvalue weighted by molar-refractivity contribution is 0.348. The zero-order chi connectivity index (χ0) is 23.2. The van der Waals surface area contributed by atoms with Gasteiger partial charge in [-0.3, -0.25) is 9.13 Å². The van der Waals surface area contributed by atoms with E-state index in [4.69, 9.17) is 9.05 Å². The highest BCUT2D eigenvalue weighted by Crippen LogP contribution is 2.56. The number of hydrogen-bond donors (Lipinski definition) is 0. The van der Waals surface area contributed by atoms with Crippen molar-refractivity contribution in [3.63, 3.8) is 0 Å². The Labute approximate surface area is 194 Å². The zero-order valence-corrected chi connectivity index (χ0v) is 20.8. The monoisotopic (exact) mass is 502 g/mol. The Bertz CT molecular complexity index is 1260. The summed E-state index contributed by atoms with van der Waals surface area (Å²) in [5.41, 5.74) is 0. The molecule has 2 atom stereocenters. The summed E-state index contributed by atoms with van der Waals surface area (Å²) < 4.78 is 39.7. The van der Waals surface area contributed by atoms with Gasteiger partial charge in [-0.25, -0.2) is 0 Å². The Morgan fingerprint density at radius 1 is 0.750 bits per heavy atom. The van der Waals surface area contributed by atoms with E-state index in [1.54, 1.807) is 74.5 Å². The van der Waals surface area contributed by atoms with Crippen LogP contribution in [0.5, 0.6) is 0 Å². The van der Waals surface area contributed by atoms with E-state index in [1.165, 1.54) is 0 Å². The van der Waals surface area contributed by atoms with Crippen LogP contribution >= 0.6 is 37.4 Å². The standard InChI is InChI=1S/C22H20N2O4P2S2/c1-3-27-29(25,17-11-7-5-8-12-17)19(15-23)21-31-22(32-21)20(16-24)30(26,28-4-2)18-13-9-6-10-14-18/h5-14H,3-4H2,1-2H3. The fourth-order valence-electron chi connectivity index (χ4n) is 2.98. The molecule has 32 heavy (non-hydrogen) atoms. The fourth-order valence-corrected chi connectivity index (χ4v) is 10.3. The zero-order valence-electron chi connectivity index (χ0n) is 17.4. The summed E-state index contributed by atoms with van der Waals surface area (Å²) in [6.45, 7) is 3.76. The van der Waals surface area contributed by atoms with E-state index in [9.17, 15) is 19.7 Å². The van der Waals surface area contributed by atoms with Crippen molar-refractivity contribution in [2.24, 2.45) is 0 Å². The lowest BCUT2D eigenvalue weighted by Crippen LogP contribution is -2.21. The molecule has 0 radical (unpaired) electrons. The summed E-state index contributed by atoms with van der Waals surface area (Å²) >= 11 is 2.21. The molecule has 164 valence electrons. The minimum absolute atomic E-state index is 0.0209. The molecule has 2 unspecified atom stereocenters. The molecule has 0 N–H and O–H groups in total. The van der Waals surface area contributed by atoms with E-state index in [-0.39, 0.29) is 23.8 Å². The highest BCUT2D eigenvalue weighted by molar-refractivity contribution is 7.78. The van der Waals surface area contributed by atoms with Crippen molar-refractivity contribution in [3.05, 3.63) is 68.4 Å². The summed E-state index contributed by atoms with van der Waals surface area (Å²) in [7, 11) is -7.22. The quantitative estimate of drug-likeness (QED) is 0.425. The van der Waals surface area contributed by atoms with Crippen molar-refractivity contribution in [1.82, 2.24) is 0 Å². The second-order valence-corrected chi connectivity index (χ2v) is 13.5. The number of hydrogen-bond acceptors (Lipinski definition) is 8. The first kappa shape index (κ1) is 24.4. The van der Waals surface area contributed by atoms with E-state index in [2.05, 4.69) is 0 Å². The van der Waals surface area contributed by atoms with Crippen LogP contribution in [0.4, 0.5) is 0 Å². The summed E-state index contributed by atoms with van der Waals surface area (Å²) in [6, 6.07) is 21.3. The van der Waals surface area contributed by atoms with Crippen LogP contribution in [-0.2, 0) is 18.2 Å². The second kappa shape index (κ2) is 10.6. The van der Waals surface area contributed by atoms with Crippen LogP contribution in [0, 0.1) is 22.7 Å². The van der Waals surface area contributed by atoms with Gasteiger partial charge in [0.15, 0.2) is 0 Å². The van der Waals surface area contributed by atoms with E-state index >= 15 is 0 Å². The Hall–Kier alpha value is -2.28. The average Bonchev–Trinajstić information content (AvgIpc) is 2.79. The van der Waals surface area contributed by atoms with Gasteiger partial charge in [0, 0.05) is 10.6 Å². The molecule has 0 saturated heterocycles. The van der Waals surface area contributed by atoms with Gasteiger partial charge in [0.25, 0.3) is 14.7 Å². The van der Waals surface area contributed by atoms with Crippen LogP contribution in [0.15, 0.2) is 60.7 Å². The number of nitriles is 2. The normalized spacial score (nSPS) is 14.5. The van der Waals surface area contributed by atoms with Crippen LogP contribution in [0.3, 0.4) is 0 Å². The number of nitrogens with zero attached hydrogens (tertiary/aromatic N) is 2. The Morgan fingerprint density at radius 2 is 1.09 bits per heavy atom. The molecule has 3 aromatic rings. The van der Waals surface area contributed by atoms with Crippen LogP contribution < -0.4 is 18.3 Å². The van der Waals surface area contributed by atoms with Gasteiger partial charge in [0.05, 0.1) is 13.2 Å². The Kier molecular flexibility index (Phi) is 8.04. The van der Waals surface area contributed by atoms with Gasteiger partial charge in [-0.15, -0.1) is 22.7 Å². The lowest BCUT2D eigenvalue weighted by atomic mass is 10.4. The van der Waals surface area contributed by atoms with E-state index in [0.29, 0.717) is 18.3 Å². The van der Waals surface area contributed by atoms with E-state index in [1.807, 2.05) is 12.1 Å². The van der Waals surface area contributed by atoms with E-state index in [0.717, 1.165) is 22.7 Å². The van der Waals surface area contributed by atoms with Crippen molar-refractivity contribution in [3.8, 4) is 12.1 Å². The molecule has 0 aliphatic heterocycles. The van der Waals surface area contributed by atoms with Crippen molar-refractivity contribution in [2.75, 3.05) is 13.2 Å². The topological polar surface area (TPSA) is 100 Å². The van der Waals surface area contributed by atoms with Crippen molar-refractivity contribution < 1.29 is 18.2 Å². The van der Waals surface area contributed by atoms with Gasteiger partial charge < -0.3 is 9.05 Å². The van der Waals surface area contributed by atoms with Crippen LogP contribution in [0.1, 0.15) is 13.8 Å². The molecule has 0 aliphatic carbocycles. The summed E-state index contributed by atoms with van der Waals surface area (Å²) in [5, 5.41) is 20.6. The van der Waals surface area contributed by atoms with Gasteiger partial charge in [0.2, 0.25) is 0 Å². The molecule has 1 heterocycles. The van der Waals surface area contributed by atoms with Gasteiger partial charge in [-0.1, -0.05) is 36.4 Å². The highest BCUT2D eigenvalue weighted by atomic mass is 32.2. The van der Waals surface area contributed by atoms with Crippen LogP contribution in [0.2, 0.25) is 0 Å². The highest BCUT2D eigenvalue weighted by Gasteiger charge is 2.35. The molecule has 1 aromatic heterocycles. The molecule has 0 fully saturated rings. The van der Waals surface area contributed by atoms with Crippen molar-refractivity contribution >= 4 is 58.6 Å². The molecular formula is C22H20N2O4P2S2. The summed E-state index contributed by atoms with van der Waals surface area (Å²) in [4.78, 5) is 0. The first-order chi connectivity index (χ1) is 15.4. The van der Waals surface area contributed by atoms with Crippen molar-refractivity contribution in [2.45, 2.75) is 13.8 Å². The molecule has 0 aliphatic rings. The predicted octanol–water partition coefficient (Wildman–Crippen LogP) is 4.35. The van der Waals surface area contributed by atoms with Crippen molar-refractivity contribution in [1.29, 1.82) is 10.5 Å². The van der Waals surface area contributed by atoms with Crippen LogP contribution in [-0.4, -0.2) is 13.2 Å². The molecule has 3 rings (SSSR count). The van der Waals surface area contributed by atoms with Gasteiger partial charge in [-0.05, 0) is 38.1 Å². The molecular weight excluding hydrogens is 482 g/mol. The maximum Gasteiger partial charge on any atom is 0.273 e. The molecule has 6 nitrogen and oxygen atoms in total. The molecule has 10 heteroatoms. The van der Waals surface area contributed by atoms with Gasteiger partial charge in [0.1, 0.15) is 30.5 Å². The molecule has 0 bridgehead atoms. The number of benzene rings is 2. The molecule has 0 amide bonds. The predicted molar refractivity (Wildman–Crippen MR) is 130 cm³/mol. The molecule has 2 aromatic carbocycles. The molecule has 0 spiro atoms. The average molecular weight is 502 g/mol. The largest absolute Gasteiger partial charge is 0.322 e. The van der Waals surface area contributed by atoms with Crippen LogP contribution in [0.25, 0.3) is 10.6 Å². The fraction of sp³-hybridized carbons (Fsp3) is 0.182. The second-order valence-electron chi connectivity index (χ2n) is 6.31. The Balaban J connectivity index is 2.24. The van der Waals surface area contributed by atoms with Gasteiger partial charge in [-0.2, -0.15) is 10.5 Å². The number of rotatable bonds is 8.